The van der Waals surface area contributed by atoms with Gasteiger partial charge in [-0.1, -0.05) is 6.92 Å². The predicted molar refractivity (Wildman–Crippen MR) is 83.3 cm³/mol. The van der Waals surface area contributed by atoms with E-state index in [0.717, 1.165) is 37.0 Å². The summed E-state index contributed by atoms with van der Waals surface area (Å²) in [6.45, 7) is 4.95. The molecule has 0 unspecified atom stereocenters. The minimum absolute atomic E-state index is 0.565. The van der Waals surface area contributed by atoms with Gasteiger partial charge in [0.15, 0.2) is 0 Å². The first-order chi connectivity index (χ1) is 10.7. The fourth-order valence-corrected chi connectivity index (χ4v) is 3.15. The number of hydrogen-bond donors (Lipinski definition) is 1. The normalized spacial score (nSPS) is 21.6. The van der Waals surface area contributed by atoms with Crippen LogP contribution in [0.3, 0.4) is 0 Å². The first-order valence-electron chi connectivity index (χ1n) is 8.17. The second kappa shape index (κ2) is 6.60. The second-order valence-corrected chi connectivity index (χ2v) is 6.28. The topological polar surface area (TPSA) is 68.8 Å². The van der Waals surface area contributed by atoms with Crippen LogP contribution in [-0.4, -0.2) is 25.8 Å². The van der Waals surface area contributed by atoms with Gasteiger partial charge in [0.1, 0.15) is 5.82 Å². The van der Waals surface area contributed by atoms with Gasteiger partial charge in [0.2, 0.25) is 11.8 Å². The number of rotatable bonds is 6. The highest BCUT2D eigenvalue weighted by Crippen LogP contribution is 2.28. The number of nitrogens with one attached hydrogen (secondary N) is 1. The number of nitrogens with zero attached hydrogens (tertiary/aromatic N) is 4. The van der Waals surface area contributed by atoms with Gasteiger partial charge < -0.3 is 14.3 Å². The van der Waals surface area contributed by atoms with E-state index < -0.39 is 0 Å². The van der Waals surface area contributed by atoms with Crippen LogP contribution in [0.2, 0.25) is 0 Å². The molecule has 2 aromatic heterocycles. The number of aromatic nitrogens is 4. The molecule has 0 saturated heterocycles. The molecule has 2 atom stereocenters. The molecule has 0 aromatic carbocycles. The average molecular weight is 303 g/mol. The summed E-state index contributed by atoms with van der Waals surface area (Å²) in [4.78, 5) is 4.44. The average Bonchev–Trinajstić information content (AvgIpc) is 3.22. The first kappa shape index (κ1) is 15.2. The molecule has 1 saturated carbocycles. The second-order valence-electron chi connectivity index (χ2n) is 6.28. The van der Waals surface area contributed by atoms with Gasteiger partial charge in [0, 0.05) is 37.8 Å². The third-order valence-electron chi connectivity index (χ3n) is 4.68. The third kappa shape index (κ3) is 3.38. The Kier molecular flexibility index (Phi) is 4.57. The van der Waals surface area contributed by atoms with E-state index in [1.165, 1.54) is 25.0 Å². The van der Waals surface area contributed by atoms with E-state index in [9.17, 15) is 0 Å². The molecule has 0 bridgehead atoms. The number of imidazole rings is 1. The number of hydrogen-bond acceptors (Lipinski definition) is 5. The molecule has 3 rings (SSSR count). The first-order valence-corrected chi connectivity index (χ1v) is 8.17. The Morgan fingerprint density at radius 2 is 2.14 bits per heavy atom. The summed E-state index contributed by atoms with van der Waals surface area (Å²) in [7, 11) is 2.07. The summed E-state index contributed by atoms with van der Waals surface area (Å²) in [6, 6.07) is 0.565. The van der Waals surface area contributed by atoms with E-state index in [2.05, 4.69) is 39.0 Å². The van der Waals surface area contributed by atoms with Crippen molar-refractivity contribution in [3.8, 4) is 0 Å². The lowest BCUT2D eigenvalue weighted by molar-refractivity contribution is 0.401. The Labute approximate surface area is 131 Å². The summed E-state index contributed by atoms with van der Waals surface area (Å²) in [5, 5.41) is 11.8. The summed E-state index contributed by atoms with van der Waals surface area (Å²) >= 11 is 0. The molecule has 6 heteroatoms. The maximum Gasteiger partial charge on any atom is 0.216 e. The lowest BCUT2D eigenvalue weighted by atomic mass is 10.0. The molecule has 1 aliphatic rings. The van der Waals surface area contributed by atoms with Gasteiger partial charge >= 0.3 is 0 Å². The molecule has 1 aliphatic carbocycles. The zero-order valence-corrected chi connectivity index (χ0v) is 13.7. The van der Waals surface area contributed by atoms with Gasteiger partial charge in [-0.15, -0.1) is 10.2 Å². The van der Waals surface area contributed by atoms with Crippen LogP contribution < -0.4 is 5.32 Å². The molecule has 1 fully saturated rings. The van der Waals surface area contributed by atoms with Crippen LogP contribution in [-0.2, 0) is 26.4 Å². The van der Waals surface area contributed by atoms with Gasteiger partial charge in [0.25, 0.3) is 0 Å². The molecular formula is C16H25N5O. The summed E-state index contributed by atoms with van der Waals surface area (Å²) < 4.78 is 7.76. The zero-order valence-electron chi connectivity index (χ0n) is 13.7. The highest BCUT2D eigenvalue weighted by molar-refractivity contribution is 5.02. The molecule has 0 aliphatic heterocycles. The van der Waals surface area contributed by atoms with Crippen molar-refractivity contribution in [1.82, 2.24) is 25.1 Å². The van der Waals surface area contributed by atoms with E-state index in [0.29, 0.717) is 12.0 Å². The Morgan fingerprint density at radius 3 is 2.82 bits per heavy atom. The van der Waals surface area contributed by atoms with Crippen molar-refractivity contribution in [1.29, 1.82) is 0 Å². The highest BCUT2D eigenvalue weighted by Gasteiger charge is 2.26. The maximum absolute atomic E-state index is 5.62. The smallest absolute Gasteiger partial charge is 0.216 e. The van der Waals surface area contributed by atoms with E-state index in [1.54, 1.807) is 0 Å². The highest BCUT2D eigenvalue weighted by atomic mass is 16.4. The van der Waals surface area contributed by atoms with Gasteiger partial charge in [-0.3, -0.25) is 0 Å². The zero-order chi connectivity index (χ0) is 15.5. The molecule has 6 nitrogen and oxygen atoms in total. The molecule has 1 N–H and O–H groups in total. The van der Waals surface area contributed by atoms with Crippen molar-refractivity contribution in [2.45, 2.75) is 58.5 Å². The van der Waals surface area contributed by atoms with Crippen molar-refractivity contribution in [3.05, 3.63) is 29.5 Å². The minimum atomic E-state index is 0.565. The predicted octanol–water partition coefficient (Wildman–Crippen LogP) is 2.17. The standard InChI is InChI=1S/C16H25N5O/c1-4-15-19-20-16(22-15)8-12-5-6-13(7-12)17-10-14-18-9-11(2)21(14)3/h9,12-13,17H,4-8,10H2,1-3H3/t12-,13+/m1/s1. The van der Waals surface area contributed by atoms with Crippen LogP contribution in [0.4, 0.5) is 0 Å². The van der Waals surface area contributed by atoms with Crippen LogP contribution >= 0.6 is 0 Å². The molecule has 2 heterocycles. The van der Waals surface area contributed by atoms with Gasteiger partial charge in [0.05, 0.1) is 6.54 Å². The van der Waals surface area contributed by atoms with Crippen LogP contribution in [0, 0.1) is 12.8 Å². The molecular weight excluding hydrogens is 278 g/mol. The van der Waals surface area contributed by atoms with Crippen molar-refractivity contribution in [3.63, 3.8) is 0 Å². The van der Waals surface area contributed by atoms with Crippen molar-refractivity contribution >= 4 is 0 Å². The van der Waals surface area contributed by atoms with Crippen LogP contribution in [0.15, 0.2) is 10.6 Å². The van der Waals surface area contributed by atoms with Gasteiger partial charge in [-0.05, 0) is 32.1 Å². The van der Waals surface area contributed by atoms with E-state index in [-0.39, 0.29) is 0 Å². The lowest BCUT2D eigenvalue weighted by Gasteiger charge is -2.13. The SMILES string of the molecule is CCc1nnc(C[C@@H]2CC[C@H](NCc3ncc(C)n3C)C2)o1. The molecule has 0 spiro atoms. The van der Waals surface area contributed by atoms with Crippen LogP contribution in [0.1, 0.15) is 49.5 Å². The van der Waals surface area contributed by atoms with E-state index in [1.807, 2.05) is 13.1 Å². The largest absolute Gasteiger partial charge is 0.425 e. The van der Waals surface area contributed by atoms with E-state index >= 15 is 0 Å². The van der Waals surface area contributed by atoms with Crippen LogP contribution in [0.25, 0.3) is 0 Å². The quantitative estimate of drug-likeness (QED) is 0.886. The summed E-state index contributed by atoms with van der Waals surface area (Å²) in [5.41, 5.74) is 1.20. The van der Waals surface area contributed by atoms with E-state index in [4.69, 9.17) is 4.42 Å². The number of aryl methyl sites for hydroxylation is 2. The molecule has 0 radical (unpaired) electrons. The lowest BCUT2D eigenvalue weighted by Crippen LogP contribution is -2.27. The monoisotopic (exact) mass is 303 g/mol. The summed E-state index contributed by atoms with van der Waals surface area (Å²) in [5.74, 6) is 3.28. The van der Waals surface area contributed by atoms with Crippen molar-refractivity contribution in [2.24, 2.45) is 13.0 Å². The Hall–Kier alpha value is -1.69. The molecule has 0 amide bonds. The maximum atomic E-state index is 5.62. The molecule has 120 valence electrons. The fourth-order valence-electron chi connectivity index (χ4n) is 3.15. The Bertz CT molecular complexity index is 618. The van der Waals surface area contributed by atoms with Crippen molar-refractivity contribution < 1.29 is 4.42 Å². The van der Waals surface area contributed by atoms with Gasteiger partial charge in [-0.25, -0.2) is 4.98 Å². The third-order valence-corrected chi connectivity index (χ3v) is 4.68. The fraction of sp³-hybridized carbons (Fsp3) is 0.688. The minimum Gasteiger partial charge on any atom is -0.425 e. The molecule has 2 aromatic rings. The molecule has 22 heavy (non-hydrogen) atoms. The van der Waals surface area contributed by atoms with Gasteiger partial charge in [-0.2, -0.15) is 0 Å². The van der Waals surface area contributed by atoms with Crippen molar-refractivity contribution in [2.75, 3.05) is 0 Å². The Morgan fingerprint density at radius 1 is 1.32 bits per heavy atom. The Balaban J connectivity index is 1.47. The summed E-state index contributed by atoms with van der Waals surface area (Å²) in [6.07, 6.45) is 7.25. The van der Waals surface area contributed by atoms with Crippen LogP contribution in [0.5, 0.6) is 0 Å².